The Kier molecular flexibility index (Phi) is 11.0. The van der Waals surface area contributed by atoms with Gasteiger partial charge in [0.15, 0.2) is 0 Å². The molecule has 1 aromatic carbocycles. The molecule has 3 rings (SSSR count). The lowest BCUT2D eigenvalue weighted by Gasteiger charge is -2.19. The van der Waals surface area contributed by atoms with Crippen LogP contribution in [0.4, 0.5) is 0 Å². The molecule has 0 amide bonds. The molecular formula is C30H40O6. The zero-order chi connectivity index (χ0) is 25.9. The number of aryl methyl sites for hydroxylation is 1. The van der Waals surface area contributed by atoms with E-state index in [2.05, 4.69) is 12.1 Å². The lowest BCUT2D eigenvalue weighted by molar-refractivity contribution is -0.147. The molecule has 0 bridgehead atoms. The Balaban J connectivity index is 1.43. The number of allylic oxidation sites excluding steroid dienone is 2. The van der Waals surface area contributed by atoms with Crippen LogP contribution in [0, 0.1) is 11.8 Å². The number of carbonyl (C=O) groups is 1. The molecule has 1 heterocycles. The van der Waals surface area contributed by atoms with E-state index >= 15 is 0 Å². The maximum Gasteiger partial charge on any atom is 0.306 e. The normalized spacial score (nSPS) is 23.2. The highest BCUT2D eigenvalue weighted by Crippen LogP contribution is 2.36. The summed E-state index contributed by atoms with van der Waals surface area (Å²) in [5, 5.41) is 31.4. The fourth-order valence-corrected chi connectivity index (χ4v) is 4.72. The van der Waals surface area contributed by atoms with Crippen molar-refractivity contribution >= 4 is 5.97 Å². The van der Waals surface area contributed by atoms with Crippen molar-refractivity contribution in [2.24, 2.45) is 11.8 Å². The van der Waals surface area contributed by atoms with Crippen LogP contribution in [-0.4, -0.2) is 45.7 Å². The molecular weight excluding hydrogens is 456 g/mol. The summed E-state index contributed by atoms with van der Waals surface area (Å²) in [4.78, 5) is 11.6. The zero-order valence-corrected chi connectivity index (χ0v) is 21.3. The van der Waals surface area contributed by atoms with E-state index in [1.165, 1.54) is 0 Å². The molecule has 1 saturated carbocycles. The van der Waals surface area contributed by atoms with Crippen LogP contribution in [-0.2, 0) is 16.0 Å². The molecule has 1 aliphatic rings. The van der Waals surface area contributed by atoms with Crippen molar-refractivity contribution in [3.05, 3.63) is 72.7 Å². The van der Waals surface area contributed by atoms with Crippen molar-refractivity contribution < 1.29 is 29.3 Å². The molecule has 1 fully saturated rings. The smallest absolute Gasteiger partial charge is 0.306 e. The van der Waals surface area contributed by atoms with Gasteiger partial charge in [-0.3, -0.25) is 4.79 Å². The molecule has 0 radical (unpaired) electrons. The van der Waals surface area contributed by atoms with Gasteiger partial charge in [-0.2, -0.15) is 0 Å². The molecule has 2 aromatic rings. The second-order valence-corrected chi connectivity index (χ2v) is 9.95. The number of hydrogen-bond donors (Lipinski definition) is 3. The van der Waals surface area contributed by atoms with E-state index in [0.717, 1.165) is 36.0 Å². The minimum Gasteiger partial charge on any atom is -0.472 e. The van der Waals surface area contributed by atoms with E-state index < -0.39 is 18.3 Å². The van der Waals surface area contributed by atoms with E-state index in [0.29, 0.717) is 25.7 Å². The Labute approximate surface area is 214 Å². The molecule has 196 valence electrons. The second-order valence-electron chi connectivity index (χ2n) is 9.95. The third-order valence-electron chi connectivity index (χ3n) is 6.70. The lowest BCUT2D eigenvalue weighted by Crippen LogP contribution is -2.20. The number of benzene rings is 1. The predicted molar refractivity (Wildman–Crippen MR) is 140 cm³/mol. The predicted octanol–water partition coefficient (Wildman–Crippen LogP) is 5.22. The minimum atomic E-state index is -0.622. The van der Waals surface area contributed by atoms with Crippen LogP contribution in [0.25, 0.3) is 11.1 Å². The van der Waals surface area contributed by atoms with Crippen LogP contribution < -0.4 is 0 Å². The molecule has 5 atom stereocenters. The van der Waals surface area contributed by atoms with Crippen LogP contribution in [0.15, 0.2) is 71.6 Å². The molecule has 0 saturated heterocycles. The van der Waals surface area contributed by atoms with Crippen molar-refractivity contribution in [1.82, 2.24) is 0 Å². The lowest BCUT2D eigenvalue weighted by atomic mass is 9.89. The fourth-order valence-electron chi connectivity index (χ4n) is 4.72. The summed E-state index contributed by atoms with van der Waals surface area (Å²) >= 11 is 0. The maximum atomic E-state index is 11.6. The average Bonchev–Trinajstić information content (AvgIpc) is 3.46. The first-order valence-corrected chi connectivity index (χ1v) is 13.0. The molecule has 6 nitrogen and oxygen atoms in total. The summed E-state index contributed by atoms with van der Waals surface area (Å²) in [7, 11) is 0. The molecule has 3 N–H and O–H groups in total. The molecule has 0 unspecified atom stereocenters. The maximum absolute atomic E-state index is 11.6. The number of carbonyl (C=O) groups excluding carboxylic acids is 1. The first kappa shape index (κ1) is 27.9. The van der Waals surface area contributed by atoms with Crippen molar-refractivity contribution in [2.45, 2.75) is 83.2 Å². The van der Waals surface area contributed by atoms with Gasteiger partial charge in [-0.15, -0.1) is 0 Å². The SMILES string of the molecule is CC(C)OC(=O)CCC/C=C\C[C@@H]1[C@@H](/C=C/[C@H](O)CCc2ccc(-c3ccoc3)cc2)[C@H](O)C[C@@H]1O. The highest BCUT2D eigenvalue weighted by molar-refractivity contribution is 5.69. The number of esters is 1. The van der Waals surface area contributed by atoms with Crippen molar-refractivity contribution in [1.29, 1.82) is 0 Å². The standard InChI is InChI=1S/C30H40O6/c1-21(2)36-30(34)8-6-4-3-5-7-26-27(29(33)19-28(26)32)16-15-25(31)14-11-22-9-12-23(13-10-22)24-17-18-35-20-24/h3,5,9-10,12-13,15-18,20-21,25-29,31-33H,4,6-8,11,14,19H2,1-2H3/b5-3-,16-15+/t25-,26-,27-,28+,29-/m1/s1. The summed E-state index contributed by atoms with van der Waals surface area (Å²) in [6.45, 7) is 3.68. The molecule has 6 heteroatoms. The van der Waals surface area contributed by atoms with Crippen LogP contribution in [0.3, 0.4) is 0 Å². The highest BCUT2D eigenvalue weighted by Gasteiger charge is 2.39. The third kappa shape index (κ3) is 8.77. The number of aliphatic hydroxyl groups is 3. The Bertz CT molecular complexity index is 960. The third-order valence-corrected chi connectivity index (χ3v) is 6.70. The summed E-state index contributed by atoms with van der Waals surface area (Å²) in [5.41, 5.74) is 3.28. The van der Waals surface area contributed by atoms with Crippen molar-refractivity contribution in [3.63, 3.8) is 0 Å². The summed E-state index contributed by atoms with van der Waals surface area (Å²) in [6.07, 6.45) is 13.3. The van der Waals surface area contributed by atoms with Crippen molar-refractivity contribution in [3.8, 4) is 11.1 Å². The van der Waals surface area contributed by atoms with Gasteiger partial charge < -0.3 is 24.5 Å². The van der Waals surface area contributed by atoms with Gasteiger partial charge in [0, 0.05) is 24.3 Å². The van der Waals surface area contributed by atoms with Gasteiger partial charge in [-0.25, -0.2) is 0 Å². The molecule has 36 heavy (non-hydrogen) atoms. The first-order chi connectivity index (χ1) is 17.3. The molecule has 1 aromatic heterocycles. The van der Waals surface area contributed by atoms with E-state index in [4.69, 9.17) is 9.15 Å². The highest BCUT2D eigenvalue weighted by atomic mass is 16.5. The molecule has 0 spiro atoms. The van der Waals surface area contributed by atoms with E-state index in [9.17, 15) is 20.1 Å². The van der Waals surface area contributed by atoms with Crippen LogP contribution in [0.5, 0.6) is 0 Å². The zero-order valence-electron chi connectivity index (χ0n) is 21.3. The van der Waals surface area contributed by atoms with Gasteiger partial charge in [0.2, 0.25) is 0 Å². The van der Waals surface area contributed by atoms with Gasteiger partial charge in [0.25, 0.3) is 0 Å². The van der Waals surface area contributed by atoms with E-state index in [1.807, 2.05) is 50.3 Å². The Morgan fingerprint density at radius 2 is 1.89 bits per heavy atom. The minimum absolute atomic E-state index is 0.0912. The largest absolute Gasteiger partial charge is 0.472 e. The monoisotopic (exact) mass is 496 g/mol. The van der Waals surface area contributed by atoms with Gasteiger partial charge in [-0.05, 0) is 69.1 Å². The summed E-state index contributed by atoms with van der Waals surface area (Å²) in [6, 6.07) is 10.1. The number of unbranched alkanes of at least 4 members (excludes halogenated alkanes) is 1. The van der Waals surface area contributed by atoms with Gasteiger partial charge in [-0.1, -0.05) is 48.6 Å². The summed E-state index contributed by atoms with van der Waals surface area (Å²) < 4.78 is 10.3. The van der Waals surface area contributed by atoms with Gasteiger partial charge in [0.05, 0.1) is 36.9 Å². The number of rotatable bonds is 13. The number of hydrogen-bond acceptors (Lipinski definition) is 6. The van der Waals surface area contributed by atoms with Gasteiger partial charge in [0.1, 0.15) is 0 Å². The fraction of sp³-hybridized carbons (Fsp3) is 0.500. The average molecular weight is 497 g/mol. The first-order valence-electron chi connectivity index (χ1n) is 13.0. The van der Waals surface area contributed by atoms with E-state index in [1.54, 1.807) is 18.6 Å². The molecule has 0 aliphatic heterocycles. The number of ether oxygens (including phenoxy) is 1. The Morgan fingerprint density at radius 1 is 1.11 bits per heavy atom. The quantitative estimate of drug-likeness (QED) is 0.200. The molecule has 1 aliphatic carbocycles. The van der Waals surface area contributed by atoms with Crippen LogP contribution >= 0.6 is 0 Å². The number of aliphatic hydroxyl groups excluding tert-OH is 3. The van der Waals surface area contributed by atoms with Crippen LogP contribution in [0.2, 0.25) is 0 Å². The number of furan rings is 1. The van der Waals surface area contributed by atoms with E-state index in [-0.39, 0.29) is 23.9 Å². The second kappa shape index (κ2) is 14.2. The topological polar surface area (TPSA) is 100 Å². The van der Waals surface area contributed by atoms with Crippen LogP contribution in [0.1, 0.15) is 57.9 Å². The van der Waals surface area contributed by atoms with Crippen molar-refractivity contribution in [2.75, 3.05) is 0 Å². The summed E-state index contributed by atoms with van der Waals surface area (Å²) in [5.74, 6) is -0.474. The van der Waals surface area contributed by atoms with Gasteiger partial charge >= 0.3 is 5.97 Å². The Morgan fingerprint density at radius 3 is 2.58 bits per heavy atom. The Hall–Kier alpha value is -2.67.